The summed E-state index contributed by atoms with van der Waals surface area (Å²) >= 11 is 0. The summed E-state index contributed by atoms with van der Waals surface area (Å²) in [7, 11) is 0. The number of halogens is 3. The Morgan fingerprint density at radius 1 is 0.903 bits per heavy atom. The predicted octanol–water partition coefficient (Wildman–Crippen LogP) is 5.49. The highest BCUT2D eigenvalue weighted by atomic mass is 19.4. The topological polar surface area (TPSA) is 54.5 Å². The van der Waals surface area contributed by atoms with E-state index in [1.165, 1.54) is 17.0 Å². The SMILES string of the molecule is CCCCN1C(=O)c2cccc3c(C(=O)c4ccc(C(F)(F)F)cc4)ccc(c23)C1=O. The number of carbonyl (C=O) groups excluding carboxylic acids is 3. The number of hydrogen-bond donors (Lipinski definition) is 0. The number of ketones is 1. The van der Waals surface area contributed by atoms with Crippen LogP contribution >= 0.6 is 0 Å². The minimum absolute atomic E-state index is 0.0896. The molecule has 0 bridgehead atoms. The van der Waals surface area contributed by atoms with Gasteiger partial charge < -0.3 is 0 Å². The molecule has 3 aromatic carbocycles. The number of alkyl halides is 3. The summed E-state index contributed by atoms with van der Waals surface area (Å²) in [6, 6.07) is 11.9. The van der Waals surface area contributed by atoms with Crippen LogP contribution in [0, 0.1) is 0 Å². The van der Waals surface area contributed by atoms with Crippen molar-refractivity contribution in [2.24, 2.45) is 0 Å². The number of amides is 2. The molecule has 0 saturated carbocycles. The standard InChI is InChI=1S/C24H18F3NO3/c1-2-3-13-28-22(30)18-6-4-5-16-17(11-12-19(20(16)18)23(28)31)21(29)14-7-9-15(10-8-14)24(25,26)27/h4-12H,2-3,13H2,1H3. The van der Waals surface area contributed by atoms with Crippen LogP contribution in [-0.2, 0) is 6.18 Å². The first kappa shape index (κ1) is 20.8. The average Bonchev–Trinajstić information content (AvgIpc) is 2.76. The lowest BCUT2D eigenvalue weighted by Crippen LogP contribution is -2.40. The van der Waals surface area contributed by atoms with E-state index in [-0.39, 0.29) is 11.1 Å². The van der Waals surface area contributed by atoms with E-state index < -0.39 is 29.3 Å². The van der Waals surface area contributed by atoms with E-state index in [2.05, 4.69) is 0 Å². The molecular weight excluding hydrogens is 407 g/mol. The van der Waals surface area contributed by atoms with Crippen LogP contribution in [0.5, 0.6) is 0 Å². The fourth-order valence-corrected chi connectivity index (χ4v) is 3.83. The first-order valence-corrected chi connectivity index (χ1v) is 9.88. The Morgan fingerprint density at radius 2 is 1.55 bits per heavy atom. The zero-order valence-electron chi connectivity index (χ0n) is 16.6. The minimum Gasteiger partial charge on any atom is -0.289 e. The molecule has 4 nitrogen and oxygen atoms in total. The Hall–Kier alpha value is -3.48. The van der Waals surface area contributed by atoms with Crippen LogP contribution in [0.4, 0.5) is 13.2 Å². The average molecular weight is 425 g/mol. The number of rotatable bonds is 5. The highest BCUT2D eigenvalue weighted by Crippen LogP contribution is 2.34. The Morgan fingerprint density at radius 3 is 2.16 bits per heavy atom. The van der Waals surface area contributed by atoms with Crippen molar-refractivity contribution in [2.75, 3.05) is 6.54 Å². The van der Waals surface area contributed by atoms with E-state index in [1.807, 2.05) is 6.92 Å². The zero-order chi connectivity index (χ0) is 22.3. The van der Waals surface area contributed by atoms with Crippen molar-refractivity contribution in [1.29, 1.82) is 0 Å². The van der Waals surface area contributed by atoms with E-state index in [4.69, 9.17) is 0 Å². The molecule has 1 heterocycles. The van der Waals surface area contributed by atoms with Gasteiger partial charge in [0.15, 0.2) is 5.78 Å². The van der Waals surface area contributed by atoms with Crippen molar-refractivity contribution in [3.63, 3.8) is 0 Å². The van der Waals surface area contributed by atoms with Gasteiger partial charge in [0.2, 0.25) is 0 Å². The molecular formula is C24H18F3NO3. The van der Waals surface area contributed by atoms with Crippen molar-refractivity contribution < 1.29 is 27.6 Å². The number of carbonyl (C=O) groups is 3. The van der Waals surface area contributed by atoms with Crippen LogP contribution in [0.3, 0.4) is 0 Å². The lowest BCUT2D eigenvalue weighted by molar-refractivity contribution is -0.137. The largest absolute Gasteiger partial charge is 0.416 e. The molecule has 0 N–H and O–H groups in total. The maximum absolute atomic E-state index is 13.1. The van der Waals surface area contributed by atoms with E-state index in [0.29, 0.717) is 34.9 Å². The molecule has 3 aromatic rings. The Balaban J connectivity index is 1.80. The van der Waals surface area contributed by atoms with Gasteiger partial charge in [-0.15, -0.1) is 0 Å². The monoisotopic (exact) mass is 425 g/mol. The van der Waals surface area contributed by atoms with Crippen LogP contribution in [0.25, 0.3) is 10.8 Å². The number of benzene rings is 3. The molecule has 0 saturated heterocycles. The predicted molar refractivity (Wildman–Crippen MR) is 109 cm³/mol. The molecule has 158 valence electrons. The highest BCUT2D eigenvalue weighted by molar-refractivity contribution is 6.28. The number of imide groups is 1. The first-order chi connectivity index (χ1) is 14.7. The normalized spacial score (nSPS) is 13.7. The Bertz CT molecular complexity index is 1190. The summed E-state index contributed by atoms with van der Waals surface area (Å²) in [6.07, 6.45) is -2.98. The zero-order valence-corrected chi connectivity index (χ0v) is 16.6. The van der Waals surface area contributed by atoms with E-state index in [1.54, 1.807) is 18.2 Å². The molecule has 1 aliphatic rings. The molecule has 0 aromatic heterocycles. The molecule has 0 unspecified atom stereocenters. The Labute approximate surface area is 176 Å². The highest BCUT2D eigenvalue weighted by Gasteiger charge is 2.34. The minimum atomic E-state index is -4.49. The fourth-order valence-electron chi connectivity index (χ4n) is 3.83. The first-order valence-electron chi connectivity index (χ1n) is 9.88. The fraction of sp³-hybridized carbons (Fsp3) is 0.208. The van der Waals surface area contributed by atoms with Crippen LogP contribution in [0.1, 0.15) is 62.0 Å². The van der Waals surface area contributed by atoms with Gasteiger partial charge in [0, 0.05) is 34.2 Å². The van der Waals surface area contributed by atoms with Gasteiger partial charge in [0.25, 0.3) is 11.8 Å². The molecule has 0 fully saturated rings. The summed E-state index contributed by atoms with van der Waals surface area (Å²) in [5, 5.41) is 0.833. The maximum Gasteiger partial charge on any atom is 0.416 e. The third-order valence-electron chi connectivity index (χ3n) is 5.45. The molecule has 0 radical (unpaired) electrons. The van der Waals surface area contributed by atoms with Gasteiger partial charge in [0.1, 0.15) is 0 Å². The Kier molecular flexibility index (Phi) is 5.13. The second kappa shape index (κ2) is 7.65. The second-order valence-electron chi connectivity index (χ2n) is 7.41. The summed E-state index contributed by atoms with van der Waals surface area (Å²) < 4.78 is 38.4. The second-order valence-corrected chi connectivity index (χ2v) is 7.41. The lowest BCUT2D eigenvalue weighted by atomic mass is 9.88. The smallest absolute Gasteiger partial charge is 0.289 e. The number of hydrogen-bond acceptors (Lipinski definition) is 3. The van der Waals surface area contributed by atoms with Gasteiger partial charge in [-0.25, -0.2) is 0 Å². The molecule has 4 rings (SSSR count). The van der Waals surface area contributed by atoms with E-state index >= 15 is 0 Å². The quantitative estimate of drug-likeness (QED) is 0.402. The lowest BCUT2D eigenvalue weighted by Gasteiger charge is -2.27. The van der Waals surface area contributed by atoms with E-state index in [9.17, 15) is 27.6 Å². The van der Waals surface area contributed by atoms with E-state index in [0.717, 1.165) is 30.7 Å². The molecule has 0 atom stereocenters. The van der Waals surface area contributed by atoms with Gasteiger partial charge >= 0.3 is 6.18 Å². The third kappa shape index (κ3) is 3.50. The van der Waals surface area contributed by atoms with Gasteiger partial charge in [-0.1, -0.05) is 37.6 Å². The van der Waals surface area contributed by atoms with Crippen molar-refractivity contribution in [3.8, 4) is 0 Å². The van der Waals surface area contributed by atoms with Crippen molar-refractivity contribution in [2.45, 2.75) is 25.9 Å². The molecule has 0 aliphatic carbocycles. The van der Waals surface area contributed by atoms with Gasteiger partial charge in [-0.3, -0.25) is 19.3 Å². The summed E-state index contributed by atoms with van der Waals surface area (Å²) in [6.45, 7) is 2.28. The maximum atomic E-state index is 13.1. The molecule has 0 spiro atoms. The van der Waals surface area contributed by atoms with Crippen LogP contribution < -0.4 is 0 Å². The molecule has 7 heteroatoms. The summed E-state index contributed by atoms with van der Waals surface area (Å²) in [5.74, 6) is -1.29. The van der Waals surface area contributed by atoms with Crippen LogP contribution in [0.2, 0.25) is 0 Å². The molecule has 31 heavy (non-hydrogen) atoms. The number of nitrogens with zero attached hydrogens (tertiary/aromatic N) is 1. The summed E-state index contributed by atoms with van der Waals surface area (Å²) in [5.41, 5.74) is 0.148. The third-order valence-corrected chi connectivity index (χ3v) is 5.45. The number of unbranched alkanes of at least 4 members (excludes halogenated alkanes) is 1. The van der Waals surface area contributed by atoms with Crippen LogP contribution in [-0.4, -0.2) is 29.0 Å². The van der Waals surface area contributed by atoms with Crippen molar-refractivity contribution in [3.05, 3.63) is 82.4 Å². The van der Waals surface area contributed by atoms with Gasteiger partial charge in [-0.2, -0.15) is 13.2 Å². The van der Waals surface area contributed by atoms with Crippen molar-refractivity contribution >= 4 is 28.4 Å². The summed E-state index contributed by atoms with van der Waals surface area (Å²) in [4.78, 5) is 40.1. The van der Waals surface area contributed by atoms with Crippen LogP contribution in [0.15, 0.2) is 54.6 Å². The van der Waals surface area contributed by atoms with Gasteiger partial charge in [0.05, 0.1) is 5.56 Å². The molecule has 2 amide bonds. The van der Waals surface area contributed by atoms with Gasteiger partial charge in [-0.05, 0) is 42.1 Å². The molecule has 1 aliphatic heterocycles. The van der Waals surface area contributed by atoms with Crippen molar-refractivity contribution in [1.82, 2.24) is 4.90 Å².